The number of piperidine rings is 1. The van der Waals surface area contributed by atoms with Gasteiger partial charge < -0.3 is 4.79 Å². The second-order valence-electron chi connectivity index (χ2n) is 6.74. The lowest BCUT2D eigenvalue weighted by atomic mass is 10.1. The number of Topliss-reactive ketones (excluding diaryl/α,β-unsaturated/α-hetero) is 1. The van der Waals surface area contributed by atoms with Gasteiger partial charge in [0.15, 0.2) is 0 Å². The molecule has 1 fully saturated rings. The van der Waals surface area contributed by atoms with Crippen molar-refractivity contribution >= 4 is 28.6 Å². The first-order valence-electron chi connectivity index (χ1n) is 8.91. The van der Waals surface area contributed by atoms with Crippen LogP contribution in [0.1, 0.15) is 50.6 Å². The number of nitrogens with one attached hydrogen (secondary N) is 1. The molecule has 2 aromatic rings. The molecule has 1 aromatic carbocycles. The summed E-state index contributed by atoms with van der Waals surface area (Å²) < 4.78 is 2.93. The minimum atomic E-state index is -0.692. The third-order valence-electron chi connectivity index (χ3n) is 4.67. The zero-order valence-electron chi connectivity index (χ0n) is 15.4. The highest BCUT2D eigenvalue weighted by Crippen LogP contribution is 2.23. The number of carbonyl (C=O) groups excluding carboxylic acids is 3. The van der Waals surface area contributed by atoms with E-state index in [1.165, 1.54) is 9.13 Å². The van der Waals surface area contributed by atoms with Gasteiger partial charge in [-0.15, -0.1) is 0 Å². The Labute approximate surface area is 156 Å². The number of carbonyl (C=O) groups is 3. The Balaban J connectivity index is 1.91. The Morgan fingerprint density at radius 1 is 1.26 bits per heavy atom. The third-order valence-corrected chi connectivity index (χ3v) is 4.67. The lowest BCUT2D eigenvalue weighted by Gasteiger charge is -2.21. The van der Waals surface area contributed by atoms with Crippen molar-refractivity contribution in [2.24, 2.45) is 7.05 Å². The van der Waals surface area contributed by atoms with Gasteiger partial charge in [0.05, 0.1) is 11.0 Å². The van der Waals surface area contributed by atoms with Crippen LogP contribution in [0, 0.1) is 11.8 Å². The molecule has 0 spiro atoms. The Kier molecular flexibility index (Phi) is 5.26. The summed E-state index contributed by atoms with van der Waals surface area (Å²) in [4.78, 5) is 47.2. The van der Waals surface area contributed by atoms with E-state index in [1.807, 2.05) is 12.1 Å². The van der Waals surface area contributed by atoms with E-state index in [1.54, 1.807) is 20.0 Å². The Bertz CT molecular complexity index is 1050. The molecule has 27 heavy (non-hydrogen) atoms. The van der Waals surface area contributed by atoms with Gasteiger partial charge in [0.25, 0.3) is 0 Å². The molecule has 1 unspecified atom stereocenters. The number of hydrogen-bond acceptors (Lipinski definition) is 4. The maximum atomic E-state index is 12.7. The minimum Gasteiger partial charge on any atom is -0.300 e. The van der Waals surface area contributed by atoms with Crippen molar-refractivity contribution in [3.8, 4) is 11.8 Å². The highest BCUT2D eigenvalue weighted by Gasteiger charge is 2.31. The predicted molar refractivity (Wildman–Crippen MR) is 100 cm³/mol. The van der Waals surface area contributed by atoms with Crippen LogP contribution in [0.3, 0.4) is 0 Å². The van der Waals surface area contributed by atoms with Gasteiger partial charge in [0.2, 0.25) is 11.8 Å². The number of aryl methyl sites for hydroxylation is 1. The number of imidazole rings is 1. The first-order valence-corrected chi connectivity index (χ1v) is 8.91. The van der Waals surface area contributed by atoms with Crippen LogP contribution < -0.4 is 11.0 Å². The van der Waals surface area contributed by atoms with Crippen molar-refractivity contribution in [3.63, 3.8) is 0 Å². The number of ketones is 1. The quantitative estimate of drug-likeness (QED) is 0.503. The molecule has 1 saturated heterocycles. The summed E-state index contributed by atoms with van der Waals surface area (Å²) in [7, 11) is 1.65. The number of benzene rings is 1. The molecule has 1 aromatic heterocycles. The first-order chi connectivity index (χ1) is 12.9. The monoisotopic (exact) mass is 367 g/mol. The van der Waals surface area contributed by atoms with Crippen LogP contribution >= 0.6 is 0 Å². The average molecular weight is 367 g/mol. The molecule has 1 aliphatic heterocycles. The summed E-state index contributed by atoms with van der Waals surface area (Å²) in [6.45, 7) is 1.56. The minimum absolute atomic E-state index is 0.156. The van der Waals surface area contributed by atoms with Crippen molar-refractivity contribution in [2.75, 3.05) is 0 Å². The number of imide groups is 1. The van der Waals surface area contributed by atoms with Crippen molar-refractivity contribution in [1.29, 1.82) is 0 Å². The SMILES string of the molecule is CC(=O)CCCC#Cc1ccc2c(c1)n(C)c(=O)n2C1CCC(=O)NC1=O. The van der Waals surface area contributed by atoms with Gasteiger partial charge in [-0.05, 0) is 38.0 Å². The fourth-order valence-electron chi connectivity index (χ4n) is 3.26. The van der Waals surface area contributed by atoms with Crippen molar-refractivity contribution in [2.45, 2.75) is 45.1 Å². The summed E-state index contributed by atoms with van der Waals surface area (Å²) in [5.74, 6) is 5.48. The highest BCUT2D eigenvalue weighted by atomic mass is 16.2. The predicted octanol–water partition coefficient (Wildman–Crippen LogP) is 1.43. The second kappa shape index (κ2) is 7.62. The lowest BCUT2D eigenvalue weighted by molar-refractivity contribution is -0.135. The smallest absolute Gasteiger partial charge is 0.300 e. The van der Waals surface area contributed by atoms with E-state index < -0.39 is 11.9 Å². The number of hydrogen-bond donors (Lipinski definition) is 1. The maximum absolute atomic E-state index is 12.7. The van der Waals surface area contributed by atoms with E-state index in [9.17, 15) is 19.2 Å². The van der Waals surface area contributed by atoms with Crippen LogP contribution in [0.2, 0.25) is 0 Å². The second-order valence-corrected chi connectivity index (χ2v) is 6.74. The number of nitrogens with zero attached hydrogens (tertiary/aromatic N) is 2. The van der Waals surface area contributed by atoms with Crippen LogP contribution in [0.4, 0.5) is 0 Å². The molecule has 3 rings (SSSR count). The molecule has 1 N–H and O–H groups in total. The van der Waals surface area contributed by atoms with Crippen molar-refractivity contribution in [1.82, 2.24) is 14.5 Å². The number of fused-ring (bicyclic) bond motifs is 1. The average Bonchev–Trinajstić information content (AvgIpc) is 2.86. The summed E-state index contributed by atoms with van der Waals surface area (Å²) >= 11 is 0. The lowest BCUT2D eigenvalue weighted by Crippen LogP contribution is -2.44. The zero-order chi connectivity index (χ0) is 19.6. The number of rotatable bonds is 4. The van der Waals surface area contributed by atoms with Crippen LogP contribution in [-0.4, -0.2) is 26.7 Å². The van der Waals surface area contributed by atoms with Gasteiger partial charge in [-0.25, -0.2) is 4.79 Å². The van der Waals surface area contributed by atoms with E-state index >= 15 is 0 Å². The Hall–Kier alpha value is -3.14. The maximum Gasteiger partial charge on any atom is 0.329 e. The molecule has 1 aliphatic rings. The van der Waals surface area contributed by atoms with Gasteiger partial charge in [-0.2, -0.15) is 0 Å². The van der Waals surface area contributed by atoms with Crippen LogP contribution in [0.25, 0.3) is 11.0 Å². The molecule has 2 heterocycles. The fourth-order valence-corrected chi connectivity index (χ4v) is 3.26. The largest absolute Gasteiger partial charge is 0.329 e. The summed E-state index contributed by atoms with van der Waals surface area (Å²) in [5.41, 5.74) is 1.78. The van der Waals surface area contributed by atoms with E-state index in [0.29, 0.717) is 30.3 Å². The molecule has 1 atom stereocenters. The van der Waals surface area contributed by atoms with Crippen LogP contribution in [-0.2, 0) is 21.4 Å². The van der Waals surface area contributed by atoms with E-state index in [0.717, 1.165) is 12.0 Å². The Morgan fingerprint density at radius 3 is 2.74 bits per heavy atom. The molecule has 7 heteroatoms. The molecular formula is C20H21N3O4. The number of aromatic nitrogens is 2. The third kappa shape index (κ3) is 3.85. The van der Waals surface area contributed by atoms with Gasteiger partial charge in [0, 0.05) is 31.9 Å². The summed E-state index contributed by atoms with van der Waals surface area (Å²) in [6, 6.07) is 4.71. The first kappa shape index (κ1) is 18.6. The normalized spacial score (nSPS) is 16.7. The molecule has 0 saturated carbocycles. The molecule has 2 amide bonds. The fraction of sp³-hybridized carbons (Fsp3) is 0.400. The van der Waals surface area contributed by atoms with E-state index in [2.05, 4.69) is 17.2 Å². The molecular weight excluding hydrogens is 346 g/mol. The summed E-state index contributed by atoms with van der Waals surface area (Å²) in [5, 5.41) is 2.29. The molecule has 0 bridgehead atoms. The topological polar surface area (TPSA) is 90.2 Å². The number of amides is 2. The van der Waals surface area contributed by atoms with Gasteiger partial charge >= 0.3 is 5.69 Å². The van der Waals surface area contributed by atoms with E-state index in [4.69, 9.17) is 0 Å². The van der Waals surface area contributed by atoms with Crippen molar-refractivity contribution < 1.29 is 14.4 Å². The molecule has 0 aliphatic carbocycles. The summed E-state index contributed by atoms with van der Waals surface area (Å²) in [6.07, 6.45) is 2.41. The van der Waals surface area contributed by atoms with Crippen LogP contribution in [0.5, 0.6) is 0 Å². The standard InChI is InChI=1S/C20H21N3O4/c1-13(24)6-4-3-5-7-14-8-9-15-17(12-14)22(2)20(27)23(15)16-10-11-18(25)21-19(16)26/h8-9,12,16H,3-4,6,10-11H2,1-2H3,(H,21,25,26). The van der Waals surface area contributed by atoms with E-state index in [-0.39, 0.29) is 23.8 Å². The highest BCUT2D eigenvalue weighted by molar-refractivity contribution is 6.00. The molecule has 7 nitrogen and oxygen atoms in total. The Morgan fingerprint density at radius 2 is 2.04 bits per heavy atom. The number of unbranched alkanes of at least 4 members (excludes halogenated alkanes) is 1. The van der Waals surface area contributed by atoms with Crippen molar-refractivity contribution in [3.05, 3.63) is 34.2 Å². The molecule has 0 radical (unpaired) electrons. The van der Waals surface area contributed by atoms with Gasteiger partial charge in [0.1, 0.15) is 11.8 Å². The van der Waals surface area contributed by atoms with Crippen LogP contribution in [0.15, 0.2) is 23.0 Å². The zero-order valence-corrected chi connectivity index (χ0v) is 15.4. The van der Waals surface area contributed by atoms with Gasteiger partial charge in [-0.1, -0.05) is 11.8 Å². The molecule has 140 valence electrons. The van der Waals surface area contributed by atoms with Gasteiger partial charge in [-0.3, -0.25) is 24.0 Å².